The van der Waals surface area contributed by atoms with Crippen molar-refractivity contribution in [3.05, 3.63) is 22.8 Å². The van der Waals surface area contributed by atoms with Crippen molar-refractivity contribution in [3.8, 4) is 0 Å². The van der Waals surface area contributed by atoms with Gasteiger partial charge in [0.05, 0.1) is 10.2 Å². The molecule has 0 aliphatic carbocycles. The third-order valence-corrected chi connectivity index (χ3v) is 4.49. The highest BCUT2D eigenvalue weighted by atomic mass is 79.9. The maximum Gasteiger partial charge on any atom is 0.196 e. The molecule has 3 nitrogen and oxygen atoms in total. The highest BCUT2D eigenvalue weighted by molar-refractivity contribution is 9.10. The minimum absolute atomic E-state index is 0.105. The van der Waals surface area contributed by atoms with Crippen LogP contribution in [0.25, 0.3) is 0 Å². The number of nitrogens with zero attached hydrogens (tertiary/aromatic N) is 1. The zero-order valence-corrected chi connectivity index (χ0v) is 10.5. The predicted octanol–water partition coefficient (Wildman–Crippen LogP) is 2.27. The summed E-state index contributed by atoms with van der Waals surface area (Å²) in [6, 6.07) is 3.37. The molecule has 0 N–H and O–H groups in total. The molecule has 14 heavy (non-hydrogen) atoms. The van der Waals surface area contributed by atoms with Gasteiger partial charge in [0, 0.05) is 6.20 Å². The molecule has 0 radical (unpaired) electrons. The van der Waals surface area contributed by atoms with Crippen molar-refractivity contribution in [3.63, 3.8) is 0 Å². The molecule has 0 aliphatic rings. The summed E-state index contributed by atoms with van der Waals surface area (Å²) in [6.45, 7) is 3.74. The van der Waals surface area contributed by atoms with E-state index in [9.17, 15) is 8.42 Å². The van der Waals surface area contributed by atoms with E-state index in [2.05, 4.69) is 20.9 Å². The number of rotatable bonds is 3. The number of sulfone groups is 1. The van der Waals surface area contributed by atoms with Gasteiger partial charge in [0.25, 0.3) is 0 Å². The standard InChI is InChI=1S/C9H12BrNO2S/c1-7(2)6-14(12,13)9-8(10)4-3-5-11-9/h3-5,7H,6H2,1-2H3. The molecule has 0 aliphatic heterocycles. The molecule has 0 saturated carbocycles. The minimum Gasteiger partial charge on any atom is -0.244 e. The number of pyridine rings is 1. The molecule has 0 aromatic carbocycles. The summed E-state index contributed by atoms with van der Waals surface area (Å²) in [7, 11) is -3.25. The SMILES string of the molecule is CC(C)CS(=O)(=O)c1ncccc1Br. The predicted molar refractivity (Wildman–Crippen MR) is 58.8 cm³/mol. The lowest BCUT2D eigenvalue weighted by Gasteiger charge is -2.07. The normalized spacial score (nSPS) is 12.0. The molecular weight excluding hydrogens is 266 g/mol. The first kappa shape index (κ1) is 11.7. The highest BCUT2D eigenvalue weighted by Crippen LogP contribution is 2.20. The van der Waals surface area contributed by atoms with Gasteiger partial charge in [0.15, 0.2) is 14.9 Å². The molecule has 5 heteroatoms. The number of hydrogen-bond donors (Lipinski definition) is 0. The van der Waals surface area contributed by atoms with E-state index in [1.54, 1.807) is 12.1 Å². The average molecular weight is 278 g/mol. The monoisotopic (exact) mass is 277 g/mol. The maximum absolute atomic E-state index is 11.8. The van der Waals surface area contributed by atoms with Gasteiger partial charge >= 0.3 is 0 Å². The summed E-state index contributed by atoms with van der Waals surface area (Å²) in [5.41, 5.74) is 0. The van der Waals surface area contributed by atoms with Gasteiger partial charge in [-0.15, -0.1) is 0 Å². The van der Waals surface area contributed by atoms with E-state index in [4.69, 9.17) is 0 Å². The zero-order chi connectivity index (χ0) is 10.8. The summed E-state index contributed by atoms with van der Waals surface area (Å²) in [5.74, 6) is 0.233. The second kappa shape index (κ2) is 4.40. The zero-order valence-electron chi connectivity index (χ0n) is 8.07. The first-order valence-electron chi connectivity index (χ1n) is 4.27. The molecule has 0 saturated heterocycles. The molecule has 0 amide bonds. The Morgan fingerprint density at radius 3 is 2.64 bits per heavy atom. The summed E-state index contributed by atoms with van der Waals surface area (Å²) < 4.78 is 24.1. The van der Waals surface area contributed by atoms with Crippen LogP contribution in [-0.2, 0) is 9.84 Å². The third-order valence-electron chi connectivity index (χ3n) is 1.57. The van der Waals surface area contributed by atoms with E-state index >= 15 is 0 Å². The van der Waals surface area contributed by atoms with Gasteiger partial charge in [-0.1, -0.05) is 13.8 Å². The van der Waals surface area contributed by atoms with Gasteiger partial charge in [-0.2, -0.15) is 0 Å². The molecule has 0 atom stereocenters. The first-order valence-corrected chi connectivity index (χ1v) is 6.71. The van der Waals surface area contributed by atoms with Crippen LogP contribution in [-0.4, -0.2) is 19.2 Å². The largest absolute Gasteiger partial charge is 0.244 e. The maximum atomic E-state index is 11.8. The van der Waals surface area contributed by atoms with Crippen LogP contribution in [0.15, 0.2) is 27.8 Å². The Morgan fingerprint density at radius 2 is 2.14 bits per heavy atom. The van der Waals surface area contributed by atoms with Crippen molar-refractivity contribution in [2.75, 3.05) is 5.75 Å². The van der Waals surface area contributed by atoms with Gasteiger partial charge in [-0.25, -0.2) is 13.4 Å². The minimum atomic E-state index is -3.25. The molecule has 0 bridgehead atoms. The molecule has 1 aromatic heterocycles. The first-order chi connectivity index (χ1) is 6.43. The van der Waals surface area contributed by atoms with Gasteiger partial charge < -0.3 is 0 Å². The topological polar surface area (TPSA) is 47.0 Å². The molecule has 1 rings (SSSR count). The molecule has 78 valence electrons. The van der Waals surface area contributed by atoms with Crippen LogP contribution in [0.3, 0.4) is 0 Å². The molecule has 0 unspecified atom stereocenters. The summed E-state index contributed by atoms with van der Waals surface area (Å²) in [5, 5.41) is 0.133. The third kappa shape index (κ3) is 2.78. The summed E-state index contributed by atoms with van der Waals surface area (Å²) in [6.07, 6.45) is 1.48. The fraction of sp³-hybridized carbons (Fsp3) is 0.444. The van der Waals surface area contributed by atoms with E-state index in [1.165, 1.54) is 6.20 Å². The number of halogens is 1. The van der Waals surface area contributed by atoms with E-state index in [0.29, 0.717) is 4.47 Å². The van der Waals surface area contributed by atoms with Crippen molar-refractivity contribution in [1.29, 1.82) is 0 Å². The van der Waals surface area contributed by atoms with Crippen molar-refractivity contribution < 1.29 is 8.42 Å². The Morgan fingerprint density at radius 1 is 1.50 bits per heavy atom. The van der Waals surface area contributed by atoms with E-state index in [1.807, 2.05) is 13.8 Å². The lowest BCUT2D eigenvalue weighted by molar-refractivity contribution is 0.578. The molecule has 1 aromatic rings. The molecular formula is C9H12BrNO2S. The van der Waals surface area contributed by atoms with Crippen molar-refractivity contribution in [2.45, 2.75) is 18.9 Å². The fourth-order valence-corrected chi connectivity index (χ4v) is 3.73. The van der Waals surface area contributed by atoms with Gasteiger partial charge in [0.2, 0.25) is 0 Å². The second-order valence-corrected chi connectivity index (χ2v) is 6.27. The van der Waals surface area contributed by atoms with Crippen LogP contribution in [0.5, 0.6) is 0 Å². The van der Waals surface area contributed by atoms with E-state index in [-0.39, 0.29) is 16.7 Å². The van der Waals surface area contributed by atoms with Gasteiger partial charge in [-0.05, 0) is 34.0 Å². The highest BCUT2D eigenvalue weighted by Gasteiger charge is 2.20. The molecule has 1 heterocycles. The van der Waals surface area contributed by atoms with E-state index < -0.39 is 9.84 Å². The van der Waals surface area contributed by atoms with Crippen LogP contribution in [0.4, 0.5) is 0 Å². The summed E-state index contributed by atoms with van der Waals surface area (Å²) >= 11 is 3.18. The molecule has 0 fully saturated rings. The Labute approximate surface area is 92.6 Å². The Balaban J connectivity index is 3.11. The van der Waals surface area contributed by atoms with Crippen LogP contribution in [0.2, 0.25) is 0 Å². The lowest BCUT2D eigenvalue weighted by Crippen LogP contribution is -2.13. The Hall–Kier alpha value is -0.420. The van der Waals surface area contributed by atoms with Crippen LogP contribution >= 0.6 is 15.9 Å². The van der Waals surface area contributed by atoms with Crippen LogP contribution in [0, 0.1) is 5.92 Å². The van der Waals surface area contributed by atoms with Crippen LogP contribution < -0.4 is 0 Å². The fourth-order valence-electron chi connectivity index (χ4n) is 1.12. The summed E-state index contributed by atoms with van der Waals surface area (Å²) in [4.78, 5) is 3.87. The Bertz CT molecular complexity index is 415. The number of aromatic nitrogens is 1. The van der Waals surface area contributed by atoms with Crippen LogP contribution in [0.1, 0.15) is 13.8 Å². The number of hydrogen-bond acceptors (Lipinski definition) is 3. The van der Waals surface area contributed by atoms with Gasteiger partial charge in [-0.3, -0.25) is 0 Å². The van der Waals surface area contributed by atoms with Gasteiger partial charge in [0.1, 0.15) is 0 Å². The Kier molecular flexibility index (Phi) is 3.66. The quantitative estimate of drug-likeness (QED) is 0.852. The van der Waals surface area contributed by atoms with Crippen molar-refractivity contribution in [1.82, 2.24) is 4.98 Å². The smallest absolute Gasteiger partial charge is 0.196 e. The van der Waals surface area contributed by atoms with Crippen molar-refractivity contribution in [2.24, 2.45) is 5.92 Å². The lowest BCUT2D eigenvalue weighted by atomic mass is 10.3. The molecule has 0 spiro atoms. The van der Waals surface area contributed by atoms with Crippen molar-refractivity contribution >= 4 is 25.8 Å². The second-order valence-electron chi connectivity index (χ2n) is 3.47. The van der Waals surface area contributed by atoms with E-state index in [0.717, 1.165) is 0 Å². The average Bonchev–Trinajstić information content (AvgIpc) is 2.02.